The Hall–Kier alpha value is -8.92. The van der Waals surface area contributed by atoms with Gasteiger partial charge in [-0.25, -0.2) is 0 Å². The molecule has 0 saturated heterocycles. The molecule has 13 aromatic rings. The second-order valence-corrected chi connectivity index (χ2v) is 17.3. The molecule has 0 aliphatic heterocycles. The highest BCUT2D eigenvalue weighted by molar-refractivity contribution is 6.10. The number of benzene rings is 11. The van der Waals surface area contributed by atoms with E-state index in [1.165, 1.54) is 38.1 Å². The van der Waals surface area contributed by atoms with E-state index >= 15 is 0 Å². The number of hydrogen-bond acceptors (Lipinski definition) is 2. The van der Waals surface area contributed by atoms with Gasteiger partial charge in [-0.1, -0.05) is 188 Å². The molecule has 0 radical (unpaired) electrons. The van der Waals surface area contributed by atoms with E-state index in [4.69, 9.17) is 4.42 Å². The van der Waals surface area contributed by atoms with Gasteiger partial charge >= 0.3 is 0 Å². The van der Waals surface area contributed by atoms with Crippen LogP contribution < -0.4 is 4.90 Å². The third kappa shape index (κ3) is 6.67. The molecule has 0 amide bonds. The number of nitrogens with zero attached hydrogens (tertiary/aromatic N) is 2. The summed E-state index contributed by atoms with van der Waals surface area (Å²) in [6.45, 7) is 0. The summed E-state index contributed by atoms with van der Waals surface area (Å²) < 4.78 is 8.98. The zero-order chi connectivity index (χ0) is 44.3. The van der Waals surface area contributed by atoms with Gasteiger partial charge in [0.15, 0.2) is 0 Å². The minimum atomic E-state index is 0.890. The fourth-order valence-corrected chi connectivity index (χ4v) is 10.2. The van der Waals surface area contributed by atoms with E-state index in [2.05, 4.69) is 258 Å². The van der Waals surface area contributed by atoms with E-state index in [0.717, 1.165) is 83.6 Å². The molecule has 0 saturated carbocycles. The van der Waals surface area contributed by atoms with E-state index < -0.39 is 0 Å². The average molecular weight is 855 g/mol. The van der Waals surface area contributed by atoms with Gasteiger partial charge in [-0.05, 0) is 111 Å². The lowest BCUT2D eigenvalue weighted by Crippen LogP contribution is -2.11. The van der Waals surface area contributed by atoms with Crippen molar-refractivity contribution in [3.63, 3.8) is 0 Å². The number of furan rings is 1. The first-order valence-corrected chi connectivity index (χ1v) is 22.9. The highest BCUT2D eigenvalue weighted by atomic mass is 16.3. The minimum absolute atomic E-state index is 0.890. The summed E-state index contributed by atoms with van der Waals surface area (Å²) in [5.74, 6) is 0. The van der Waals surface area contributed by atoms with Gasteiger partial charge in [0.1, 0.15) is 11.2 Å². The summed E-state index contributed by atoms with van der Waals surface area (Å²) in [5, 5.41) is 7.19. The molecule has 2 aromatic heterocycles. The molecule has 0 unspecified atom stereocenters. The van der Waals surface area contributed by atoms with Crippen LogP contribution >= 0.6 is 0 Å². The van der Waals surface area contributed by atoms with E-state index in [0.29, 0.717) is 0 Å². The van der Waals surface area contributed by atoms with Crippen LogP contribution in [0.1, 0.15) is 0 Å². The molecule has 0 atom stereocenters. The van der Waals surface area contributed by atoms with Crippen LogP contribution in [-0.4, -0.2) is 4.57 Å². The first kappa shape index (κ1) is 38.5. The molecule has 0 aliphatic carbocycles. The molecule has 3 nitrogen and oxygen atoms in total. The van der Waals surface area contributed by atoms with Crippen molar-refractivity contribution in [3.8, 4) is 50.2 Å². The lowest BCUT2D eigenvalue weighted by Gasteiger charge is -2.29. The van der Waals surface area contributed by atoms with Crippen molar-refractivity contribution in [2.24, 2.45) is 0 Å². The van der Waals surface area contributed by atoms with E-state index in [1.54, 1.807) is 0 Å². The van der Waals surface area contributed by atoms with Crippen LogP contribution in [0.3, 0.4) is 0 Å². The molecule has 0 spiro atoms. The van der Waals surface area contributed by atoms with Gasteiger partial charge < -0.3 is 13.9 Å². The van der Waals surface area contributed by atoms with Crippen LogP contribution in [-0.2, 0) is 0 Å². The fourth-order valence-electron chi connectivity index (χ4n) is 10.2. The number of anilines is 3. The standard InChI is InChI=1S/C64H42N2O/c1-2-16-45(17-3-1)54-38-35-49(48-32-31-43-15-4-5-18-46(43)39-48)42-62(54)65(52-21-13-20-50(41-52)55-26-14-27-59-58-25-8-11-30-63(58)67-64(55)59)51-36-33-44(34-37-51)47-19-12-22-53(40-47)66-60-28-9-6-23-56(60)57-24-7-10-29-61(57)66/h1-42H. The number of rotatable bonds is 8. The number of para-hydroxylation sites is 4. The average Bonchev–Trinajstić information content (AvgIpc) is 3.95. The maximum absolute atomic E-state index is 6.59. The van der Waals surface area contributed by atoms with Gasteiger partial charge in [-0.15, -0.1) is 0 Å². The zero-order valence-corrected chi connectivity index (χ0v) is 36.6. The van der Waals surface area contributed by atoms with Crippen molar-refractivity contribution in [1.29, 1.82) is 0 Å². The molecule has 0 fully saturated rings. The molecule has 11 aromatic carbocycles. The normalized spacial score (nSPS) is 11.6. The van der Waals surface area contributed by atoms with Gasteiger partial charge in [-0.3, -0.25) is 0 Å². The Labute approximate surface area is 388 Å². The van der Waals surface area contributed by atoms with Crippen LogP contribution in [0, 0.1) is 0 Å². The van der Waals surface area contributed by atoms with Gasteiger partial charge in [0.05, 0.1) is 16.7 Å². The Bertz CT molecular complexity index is 3940. The summed E-state index contributed by atoms with van der Waals surface area (Å²) in [6.07, 6.45) is 0. The van der Waals surface area contributed by atoms with Gasteiger partial charge in [0.2, 0.25) is 0 Å². The van der Waals surface area contributed by atoms with Crippen molar-refractivity contribution < 1.29 is 4.42 Å². The molecule has 314 valence electrons. The van der Waals surface area contributed by atoms with Gasteiger partial charge in [-0.2, -0.15) is 0 Å². The molecule has 67 heavy (non-hydrogen) atoms. The lowest BCUT2D eigenvalue weighted by molar-refractivity contribution is 0.670. The quantitative estimate of drug-likeness (QED) is 0.152. The van der Waals surface area contributed by atoms with Gasteiger partial charge in [0, 0.05) is 49.7 Å². The molecule has 3 heteroatoms. The summed E-state index contributed by atoms with van der Waals surface area (Å²) in [7, 11) is 0. The van der Waals surface area contributed by atoms with Crippen molar-refractivity contribution >= 4 is 71.6 Å². The molecule has 13 rings (SSSR count). The monoisotopic (exact) mass is 854 g/mol. The molecular weight excluding hydrogens is 813 g/mol. The molecule has 0 aliphatic rings. The largest absolute Gasteiger partial charge is 0.455 e. The minimum Gasteiger partial charge on any atom is -0.455 e. The Morgan fingerprint density at radius 1 is 0.313 bits per heavy atom. The van der Waals surface area contributed by atoms with Crippen LogP contribution in [0.2, 0.25) is 0 Å². The Morgan fingerprint density at radius 2 is 0.910 bits per heavy atom. The summed E-state index contributed by atoms with van der Waals surface area (Å²) in [4.78, 5) is 2.42. The first-order valence-electron chi connectivity index (χ1n) is 22.9. The van der Waals surface area contributed by atoms with Crippen LogP contribution in [0.4, 0.5) is 17.1 Å². The summed E-state index contributed by atoms with van der Waals surface area (Å²) in [5.41, 5.74) is 17.5. The second kappa shape index (κ2) is 16.0. The Morgan fingerprint density at radius 3 is 1.73 bits per heavy atom. The van der Waals surface area contributed by atoms with Crippen molar-refractivity contribution in [1.82, 2.24) is 4.57 Å². The zero-order valence-electron chi connectivity index (χ0n) is 36.6. The lowest BCUT2D eigenvalue weighted by atomic mass is 9.95. The molecule has 0 bridgehead atoms. The van der Waals surface area contributed by atoms with Crippen molar-refractivity contribution in [2.45, 2.75) is 0 Å². The maximum Gasteiger partial charge on any atom is 0.143 e. The van der Waals surface area contributed by atoms with E-state index in [-0.39, 0.29) is 0 Å². The van der Waals surface area contributed by atoms with E-state index in [1.807, 2.05) is 6.07 Å². The predicted molar refractivity (Wildman–Crippen MR) is 282 cm³/mol. The number of fused-ring (bicyclic) bond motifs is 7. The molecular formula is C64H42N2O. The van der Waals surface area contributed by atoms with Crippen LogP contribution in [0.5, 0.6) is 0 Å². The SMILES string of the molecule is c1ccc(-c2ccc(-c3ccc4ccccc4c3)cc2N(c2ccc(-c3cccc(-n4c5ccccc5c5ccccc54)c3)cc2)c2cccc(-c3cccc4c3oc3ccccc34)c2)cc1. The third-order valence-corrected chi connectivity index (χ3v) is 13.4. The smallest absolute Gasteiger partial charge is 0.143 e. The fraction of sp³-hybridized carbons (Fsp3) is 0. The highest BCUT2D eigenvalue weighted by Crippen LogP contribution is 2.45. The molecule has 2 heterocycles. The number of hydrogen-bond donors (Lipinski definition) is 0. The summed E-state index contributed by atoms with van der Waals surface area (Å²) in [6, 6.07) is 92.0. The topological polar surface area (TPSA) is 21.3 Å². The summed E-state index contributed by atoms with van der Waals surface area (Å²) >= 11 is 0. The Kier molecular flexibility index (Phi) is 9.17. The highest BCUT2D eigenvalue weighted by Gasteiger charge is 2.21. The first-order chi connectivity index (χ1) is 33.2. The third-order valence-electron chi connectivity index (χ3n) is 13.4. The van der Waals surface area contributed by atoms with Crippen molar-refractivity contribution in [3.05, 3.63) is 255 Å². The molecule has 0 N–H and O–H groups in total. The van der Waals surface area contributed by atoms with Gasteiger partial charge in [0.25, 0.3) is 0 Å². The van der Waals surface area contributed by atoms with Crippen molar-refractivity contribution in [2.75, 3.05) is 4.90 Å². The Balaban J connectivity index is 0.983. The van der Waals surface area contributed by atoms with E-state index in [9.17, 15) is 0 Å². The number of aromatic nitrogens is 1. The second-order valence-electron chi connectivity index (χ2n) is 17.3. The van der Waals surface area contributed by atoms with Crippen LogP contribution in [0.25, 0.3) is 105 Å². The predicted octanol–water partition coefficient (Wildman–Crippen LogP) is 18.0. The maximum atomic E-state index is 6.59. The van der Waals surface area contributed by atoms with Crippen LogP contribution in [0.15, 0.2) is 259 Å².